The van der Waals surface area contributed by atoms with Crippen LogP contribution in [0.5, 0.6) is 0 Å². The molecular weight excluding hydrogens is 403 g/mol. The van der Waals surface area contributed by atoms with Crippen LogP contribution in [0.25, 0.3) is 11.0 Å². The summed E-state index contributed by atoms with van der Waals surface area (Å²) in [5.41, 5.74) is 3.63. The summed E-state index contributed by atoms with van der Waals surface area (Å²) in [6, 6.07) is 12.3. The number of rotatable bonds is 12. The summed E-state index contributed by atoms with van der Waals surface area (Å²) >= 11 is 0. The van der Waals surface area contributed by atoms with Gasteiger partial charge in [0.25, 0.3) is 5.91 Å². The van der Waals surface area contributed by atoms with Crippen LogP contribution in [0.2, 0.25) is 0 Å². The molecule has 0 aliphatic rings. The van der Waals surface area contributed by atoms with E-state index in [-0.39, 0.29) is 5.91 Å². The highest BCUT2D eigenvalue weighted by atomic mass is 19.1. The molecule has 1 aromatic heterocycles. The molecule has 0 atom stereocenters. The minimum Gasteiger partial charge on any atom is -0.331 e. The quantitative estimate of drug-likeness (QED) is 0.378. The van der Waals surface area contributed by atoms with Crippen LogP contribution < -0.4 is 5.32 Å². The first-order chi connectivity index (χ1) is 15.6. The molecule has 1 heterocycles. The molecule has 1 amide bonds. The van der Waals surface area contributed by atoms with Crippen molar-refractivity contribution in [2.45, 2.75) is 66.1 Å². The highest BCUT2D eigenvalue weighted by Crippen LogP contribution is 2.21. The lowest BCUT2D eigenvalue weighted by Crippen LogP contribution is -2.32. The van der Waals surface area contributed by atoms with Crippen LogP contribution in [0.15, 0.2) is 42.5 Å². The van der Waals surface area contributed by atoms with Crippen molar-refractivity contribution in [1.29, 1.82) is 0 Å². The number of hydrogen-bond acceptors (Lipinski definition) is 3. The summed E-state index contributed by atoms with van der Waals surface area (Å²) in [5, 5.41) is 3.48. The van der Waals surface area contributed by atoms with E-state index in [4.69, 9.17) is 4.98 Å². The lowest BCUT2D eigenvalue weighted by Gasteiger charge is -2.22. The van der Waals surface area contributed by atoms with Gasteiger partial charge in [0.2, 0.25) is 0 Å². The molecule has 3 aromatic rings. The zero-order valence-corrected chi connectivity index (χ0v) is 19.5. The Labute approximate surface area is 190 Å². The molecule has 0 saturated heterocycles. The fourth-order valence-electron chi connectivity index (χ4n) is 3.96. The smallest absolute Gasteiger partial charge is 0.254 e. The van der Waals surface area contributed by atoms with E-state index in [9.17, 15) is 9.18 Å². The molecule has 1 N–H and O–H groups in total. The molecular formula is C26H35FN4O. The van der Waals surface area contributed by atoms with Crippen molar-refractivity contribution in [3.8, 4) is 0 Å². The summed E-state index contributed by atoms with van der Waals surface area (Å²) in [5.74, 6) is 0.309. The highest BCUT2D eigenvalue weighted by molar-refractivity contribution is 5.94. The molecule has 0 saturated carbocycles. The van der Waals surface area contributed by atoms with Gasteiger partial charge in [0.05, 0.1) is 17.6 Å². The average Bonchev–Trinajstić information content (AvgIpc) is 3.12. The Morgan fingerprint density at radius 1 is 1.09 bits per heavy atom. The fraction of sp³-hybridized carbons (Fsp3) is 0.462. The standard InChI is InChI=1S/C26H35FN4O/c1-4-7-13-28-18-20-11-12-24-23(16-20)29-25(31(24)15-6-3)19-30(14-5-2)26(32)21-9-8-10-22(27)17-21/h8-12,16-17,28H,4-7,13-15,18-19H2,1-3H3. The predicted molar refractivity (Wildman–Crippen MR) is 128 cm³/mol. The number of halogens is 1. The Morgan fingerprint density at radius 3 is 2.66 bits per heavy atom. The Hall–Kier alpha value is -2.73. The molecule has 0 aliphatic heterocycles. The van der Waals surface area contributed by atoms with Crippen molar-refractivity contribution in [3.63, 3.8) is 0 Å². The number of amides is 1. The topological polar surface area (TPSA) is 50.2 Å². The molecule has 2 aromatic carbocycles. The maximum absolute atomic E-state index is 13.7. The molecule has 32 heavy (non-hydrogen) atoms. The van der Waals surface area contributed by atoms with E-state index in [1.807, 2.05) is 6.92 Å². The molecule has 3 rings (SSSR count). The van der Waals surface area contributed by atoms with E-state index < -0.39 is 5.82 Å². The Kier molecular flexibility index (Phi) is 8.80. The van der Waals surface area contributed by atoms with Crippen LogP contribution in [0.3, 0.4) is 0 Å². The van der Waals surface area contributed by atoms with Crippen LogP contribution in [0.1, 0.15) is 68.2 Å². The normalized spacial score (nSPS) is 11.2. The molecule has 0 aliphatic carbocycles. The van der Waals surface area contributed by atoms with Gasteiger partial charge in [-0.25, -0.2) is 9.37 Å². The number of carbonyl (C=O) groups excluding carboxylic acids is 1. The summed E-state index contributed by atoms with van der Waals surface area (Å²) in [7, 11) is 0. The highest BCUT2D eigenvalue weighted by Gasteiger charge is 2.20. The van der Waals surface area contributed by atoms with Crippen LogP contribution in [0.4, 0.5) is 4.39 Å². The van der Waals surface area contributed by atoms with Gasteiger partial charge in [-0.15, -0.1) is 0 Å². The van der Waals surface area contributed by atoms with Gasteiger partial charge >= 0.3 is 0 Å². The minimum atomic E-state index is -0.398. The van der Waals surface area contributed by atoms with Crippen LogP contribution in [-0.4, -0.2) is 33.4 Å². The molecule has 0 bridgehead atoms. The van der Waals surface area contributed by atoms with Crippen molar-refractivity contribution in [1.82, 2.24) is 19.8 Å². The van der Waals surface area contributed by atoms with Crippen molar-refractivity contribution in [2.24, 2.45) is 0 Å². The number of benzene rings is 2. The zero-order valence-electron chi connectivity index (χ0n) is 19.5. The summed E-state index contributed by atoms with van der Waals surface area (Å²) in [6.07, 6.45) is 4.15. The van der Waals surface area contributed by atoms with E-state index >= 15 is 0 Å². The number of unbranched alkanes of at least 4 members (excludes halogenated alkanes) is 1. The van der Waals surface area contributed by atoms with E-state index in [2.05, 4.69) is 41.9 Å². The molecule has 172 valence electrons. The Balaban J connectivity index is 1.87. The summed E-state index contributed by atoms with van der Waals surface area (Å²) in [4.78, 5) is 19.8. The van der Waals surface area contributed by atoms with Gasteiger partial charge < -0.3 is 14.8 Å². The van der Waals surface area contributed by atoms with Gasteiger partial charge in [-0.2, -0.15) is 0 Å². The van der Waals surface area contributed by atoms with Gasteiger partial charge in [0.1, 0.15) is 11.6 Å². The largest absolute Gasteiger partial charge is 0.331 e. The first kappa shape index (κ1) is 23.9. The average molecular weight is 439 g/mol. The van der Waals surface area contributed by atoms with Crippen molar-refractivity contribution >= 4 is 16.9 Å². The van der Waals surface area contributed by atoms with E-state index in [0.717, 1.165) is 49.3 Å². The molecule has 0 spiro atoms. The van der Waals surface area contributed by atoms with Gasteiger partial charge in [-0.3, -0.25) is 4.79 Å². The fourth-order valence-corrected chi connectivity index (χ4v) is 3.96. The molecule has 6 heteroatoms. The van der Waals surface area contributed by atoms with E-state index in [0.29, 0.717) is 18.7 Å². The maximum Gasteiger partial charge on any atom is 0.254 e. The van der Waals surface area contributed by atoms with Gasteiger partial charge in [-0.05, 0) is 61.7 Å². The number of aryl methyl sites for hydroxylation is 1. The van der Waals surface area contributed by atoms with Crippen LogP contribution >= 0.6 is 0 Å². The van der Waals surface area contributed by atoms with E-state index in [1.54, 1.807) is 17.0 Å². The summed E-state index contributed by atoms with van der Waals surface area (Å²) < 4.78 is 15.9. The van der Waals surface area contributed by atoms with Crippen molar-refractivity contribution < 1.29 is 9.18 Å². The number of aromatic nitrogens is 2. The van der Waals surface area contributed by atoms with Crippen LogP contribution in [0, 0.1) is 5.82 Å². The second-order valence-electron chi connectivity index (χ2n) is 8.27. The second-order valence-corrected chi connectivity index (χ2v) is 8.27. The third kappa shape index (κ3) is 5.94. The third-order valence-corrected chi connectivity index (χ3v) is 5.56. The number of fused-ring (bicyclic) bond motifs is 1. The van der Waals surface area contributed by atoms with Gasteiger partial charge in [0.15, 0.2) is 0 Å². The molecule has 0 fully saturated rings. The monoisotopic (exact) mass is 438 g/mol. The Bertz CT molecular complexity index is 1030. The Morgan fingerprint density at radius 2 is 1.94 bits per heavy atom. The SMILES string of the molecule is CCCCNCc1ccc2c(c1)nc(CN(CCC)C(=O)c1cccc(F)c1)n2CCC. The first-order valence-electron chi connectivity index (χ1n) is 11.8. The number of nitrogens with zero attached hydrogens (tertiary/aromatic N) is 3. The van der Waals surface area contributed by atoms with E-state index in [1.165, 1.54) is 30.5 Å². The lowest BCUT2D eigenvalue weighted by atomic mass is 10.2. The predicted octanol–water partition coefficient (Wildman–Crippen LogP) is 5.53. The maximum atomic E-state index is 13.7. The number of carbonyl (C=O) groups is 1. The number of imidazole rings is 1. The summed E-state index contributed by atoms with van der Waals surface area (Å²) in [6.45, 7) is 10.1. The molecule has 0 unspecified atom stereocenters. The van der Waals surface area contributed by atoms with Gasteiger partial charge in [-0.1, -0.05) is 39.3 Å². The third-order valence-electron chi connectivity index (χ3n) is 5.56. The zero-order chi connectivity index (χ0) is 22.9. The van der Waals surface area contributed by atoms with Crippen molar-refractivity contribution in [3.05, 3.63) is 65.2 Å². The van der Waals surface area contributed by atoms with Gasteiger partial charge in [0, 0.05) is 25.2 Å². The molecule has 0 radical (unpaired) electrons. The minimum absolute atomic E-state index is 0.165. The second kappa shape index (κ2) is 11.8. The van der Waals surface area contributed by atoms with Crippen LogP contribution in [-0.2, 0) is 19.6 Å². The number of nitrogens with one attached hydrogen (secondary N) is 1. The lowest BCUT2D eigenvalue weighted by molar-refractivity contribution is 0.0736. The molecule has 5 nitrogen and oxygen atoms in total. The first-order valence-corrected chi connectivity index (χ1v) is 11.8. The number of hydrogen-bond donors (Lipinski definition) is 1. The van der Waals surface area contributed by atoms with Crippen molar-refractivity contribution in [2.75, 3.05) is 13.1 Å².